The molecule has 2 aromatic rings. The van der Waals surface area contributed by atoms with Gasteiger partial charge >= 0.3 is 0 Å². The number of fused-ring (bicyclic) bond motifs is 2. The molecule has 9 heteroatoms. The summed E-state index contributed by atoms with van der Waals surface area (Å²) in [6.45, 7) is 3.35. The first-order chi connectivity index (χ1) is 18.0. The highest BCUT2D eigenvalue weighted by molar-refractivity contribution is 14.1. The summed E-state index contributed by atoms with van der Waals surface area (Å²) in [4.78, 5) is 29.5. The fourth-order valence-corrected chi connectivity index (χ4v) is 7.14. The van der Waals surface area contributed by atoms with Gasteiger partial charge in [-0.15, -0.1) is 0 Å². The summed E-state index contributed by atoms with van der Waals surface area (Å²) in [6, 6.07) is 8.63. The zero-order valence-electron chi connectivity index (χ0n) is 21.4. The van der Waals surface area contributed by atoms with Crippen molar-refractivity contribution in [2.45, 2.75) is 69.6 Å². The lowest BCUT2D eigenvalue weighted by molar-refractivity contribution is -0.116. The van der Waals surface area contributed by atoms with Crippen LogP contribution in [0.5, 0.6) is 0 Å². The van der Waals surface area contributed by atoms with Crippen LogP contribution in [0.25, 0.3) is 0 Å². The molecule has 1 N–H and O–H groups in total. The Kier molecular flexibility index (Phi) is 6.23. The van der Waals surface area contributed by atoms with E-state index in [1.165, 1.54) is 30.7 Å². The molecule has 5 nitrogen and oxygen atoms in total. The minimum Gasteiger partial charge on any atom is -0.371 e. The Morgan fingerprint density at radius 2 is 1.63 bits per heavy atom. The quantitative estimate of drug-likeness (QED) is 0.374. The number of piperidine rings is 1. The van der Waals surface area contributed by atoms with Crippen LogP contribution in [-0.4, -0.2) is 37.4 Å². The lowest BCUT2D eigenvalue weighted by atomic mass is 9.69. The molecule has 2 heterocycles. The van der Waals surface area contributed by atoms with Crippen molar-refractivity contribution in [3.63, 3.8) is 0 Å². The van der Waals surface area contributed by atoms with Crippen molar-refractivity contribution in [2.75, 3.05) is 34.8 Å². The van der Waals surface area contributed by atoms with E-state index in [1.54, 1.807) is 12.1 Å². The van der Waals surface area contributed by atoms with E-state index < -0.39 is 17.2 Å². The van der Waals surface area contributed by atoms with Crippen LogP contribution in [-0.2, 0) is 10.2 Å². The van der Waals surface area contributed by atoms with E-state index >= 15 is 4.39 Å². The predicted molar refractivity (Wildman–Crippen MR) is 150 cm³/mol. The molecule has 0 aromatic heterocycles. The van der Waals surface area contributed by atoms with Gasteiger partial charge in [0.05, 0.1) is 16.9 Å². The average Bonchev–Trinajstić information content (AvgIpc) is 3.54. The zero-order valence-corrected chi connectivity index (χ0v) is 23.5. The number of carbonyl (C=O) groups excluding carboxylic acids is 2. The number of nitrogens with zero attached hydrogens (tertiary/aromatic N) is 2. The number of nitrogens with one attached hydrogen (secondary N) is 1. The summed E-state index contributed by atoms with van der Waals surface area (Å²) >= 11 is 2.25. The van der Waals surface area contributed by atoms with E-state index in [4.69, 9.17) is 0 Å². The number of hydrogen-bond acceptors (Lipinski definition) is 3. The van der Waals surface area contributed by atoms with Gasteiger partial charge in [-0.2, -0.15) is 0 Å². The fourth-order valence-electron chi connectivity index (χ4n) is 6.66. The molecule has 1 saturated heterocycles. The predicted octanol–water partition coefficient (Wildman–Crippen LogP) is 6.88. The maximum absolute atomic E-state index is 15.5. The van der Waals surface area contributed by atoms with E-state index in [0.717, 1.165) is 35.2 Å². The van der Waals surface area contributed by atoms with Gasteiger partial charge in [0.2, 0.25) is 11.8 Å². The third-order valence-electron chi connectivity index (χ3n) is 9.27. The second-order valence-corrected chi connectivity index (χ2v) is 12.9. The fraction of sp³-hybridized carbons (Fsp3) is 0.517. The van der Waals surface area contributed by atoms with Gasteiger partial charge in [0.15, 0.2) is 0 Å². The van der Waals surface area contributed by atoms with Crippen LogP contribution in [0.2, 0.25) is 0 Å². The van der Waals surface area contributed by atoms with Crippen LogP contribution in [0.3, 0.4) is 0 Å². The van der Waals surface area contributed by atoms with E-state index in [0.29, 0.717) is 16.5 Å². The summed E-state index contributed by atoms with van der Waals surface area (Å²) in [7, 11) is 0. The summed E-state index contributed by atoms with van der Waals surface area (Å²) in [5.41, 5.74) is 2.12. The van der Waals surface area contributed by atoms with E-state index in [2.05, 4.69) is 32.8 Å². The Balaban J connectivity index is 1.30. The second kappa shape index (κ2) is 9.13. The average molecular weight is 637 g/mol. The smallest absolute Gasteiger partial charge is 0.257 e. The molecule has 2 aliphatic carbocycles. The van der Waals surface area contributed by atoms with Crippen LogP contribution in [0.4, 0.5) is 30.2 Å². The van der Waals surface area contributed by atoms with Crippen LogP contribution >= 0.6 is 22.6 Å². The molecular formula is C29H31F3IN3O2. The number of amides is 2. The largest absolute Gasteiger partial charge is 0.371 e. The summed E-state index contributed by atoms with van der Waals surface area (Å²) in [6.07, 6.45) is 4.55. The van der Waals surface area contributed by atoms with Crippen molar-refractivity contribution >= 4 is 51.5 Å². The number of carbonyl (C=O) groups is 2. The molecule has 6 rings (SSSR count). The zero-order chi connectivity index (χ0) is 26.9. The number of halogens is 4. The highest BCUT2D eigenvalue weighted by atomic mass is 127. The molecule has 2 saturated carbocycles. The SMILES string of the molecule is CC(=O)N1CC2(CCC(F)(F)CC2)c2cc(NC(=O)c3ccc(I)cc3N3CCC4(CC3)CC4)cc(F)c21. The van der Waals surface area contributed by atoms with Gasteiger partial charge in [-0.3, -0.25) is 9.59 Å². The van der Waals surface area contributed by atoms with Gasteiger partial charge in [-0.05, 0) is 102 Å². The number of anilines is 3. The van der Waals surface area contributed by atoms with E-state index in [-0.39, 0.29) is 55.4 Å². The van der Waals surface area contributed by atoms with Crippen LogP contribution in [0.15, 0.2) is 30.3 Å². The molecule has 0 atom stereocenters. The Hall–Kier alpha value is -2.30. The summed E-state index contributed by atoms with van der Waals surface area (Å²) in [5.74, 6) is -4.05. The molecule has 2 amide bonds. The van der Waals surface area contributed by atoms with Gasteiger partial charge in [-0.1, -0.05) is 0 Å². The highest BCUT2D eigenvalue weighted by Gasteiger charge is 2.51. The van der Waals surface area contributed by atoms with Gasteiger partial charge in [0.1, 0.15) is 5.82 Å². The Bertz CT molecular complexity index is 1310. The highest BCUT2D eigenvalue weighted by Crippen LogP contribution is 2.55. The maximum atomic E-state index is 15.5. The second-order valence-electron chi connectivity index (χ2n) is 11.7. The maximum Gasteiger partial charge on any atom is 0.257 e. The minimum absolute atomic E-state index is 0.151. The lowest BCUT2D eigenvalue weighted by Gasteiger charge is -2.37. The van der Waals surface area contributed by atoms with Crippen molar-refractivity contribution in [3.05, 3.63) is 50.8 Å². The molecule has 0 radical (unpaired) electrons. The number of hydrogen-bond donors (Lipinski definition) is 1. The van der Waals surface area contributed by atoms with Crippen LogP contribution in [0.1, 0.15) is 74.2 Å². The standard InChI is InChI=1S/C29H31F3IN3O2/c1-18(37)36-17-28(6-8-29(31,32)9-7-28)22-15-20(16-23(30)25(22)36)34-26(38)21-3-2-19(33)14-24(21)35-12-10-27(4-5-27)11-13-35/h2-3,14-16H,4-13,17H2,1H3,(H,34,38). The van der Waals surface area contributed by atoms with Gasteiger partial charge in [0, 0.05) is 54.1 Å². The van der Waals surface area contributed by atoms with Crippen molar-refractivity contribution in [1.29, 1.82) is 0 Å². The number of benzene rings is 2. The van der Waals surface area contributed by atoms with Crippen molar-refractivity contribution < 1.29 is 22.8 Å². The third-order valence-corrected chi connectivity index (χ3v) is 9.94. The first-order valence-corrected chi connectivity index (χ1v) is 14.4. The molecule has 0 unspecified atom stereocenters. The number of rotatable bonds is 3. The molecular weight excluding hydrogens is 606 g/mol. The molecule has 4 aliphatic rings. The lowest BCUT2D eigenvalue weighted by Crippen LogP contribution is -2.41. The first-order valence-electron chi connectivity index (χ1n) is 13.4. The van der Waals surface area contributed by atoms with Crippen LogP contribution in [0, 0.1) is 14.8 Å². The molecule has 0 bridgehead atoms. The molecule has 3 fully saturated rings. The summed E-state index contributed by atoms with van der Waals surface area (Å²) < 4.78 is 44.6. The number of alkyl halides is 2. The molecule has 2 aromatic carbocycles. The molecule has 2 spiro atoms. The van der Waals surface area contributed by atoms with Gasteiger partial charge in [0.25, 0.3) is 5.91 Å². The normalized spacial score (nSPS) is 22.4. The molecule has 38 heavy (non-hydrogen) atoms. The third kappa shape index (κ3) is 4.58. The molecule has 2 aliphatic heterocycles. The van der Waals surface area contributed by atoms with Crippen molar-refractivity contribution in [3.8, 4) is 0 Å². The van der Waals surface area contributed by atoms with Gasteiger partial charge in [-0.25, -0.2) is 13.2 Å². The van der Waals surface area contributed by atoms with E-state index in [9.17, 15) is 18.4 Å². The van der Waals surface area contributed by atoms with Crippen molar-refractivity contribution in [2.24, 2.45) is 5.41 Å². The van der Waals surface area contributed by atoms with Gasteiger partial charge < -0.3 is 15.1 Å². The Morgan fingerprint density at radius 3 is 2.26 bits per heavy atom. The van der Waals surface area contributed by atoms with E-state index in [1.807, 2.05) is 12.1 Å². The van der Waals surface area contributed by atoms with Crippen LogP contribution < -0.4 is 15.1 Å². The topological polar surface area (TPSA) is 52.7 Å². The molecule has 202 valence electrons. The Labute approximate surface area is 234 Å². The monoisotopic (exact) mass is 637 g/mol. The summed E-state index contributed by atoms with van der Waals surface area (Å²) in [5, 5.41) is 2.88. The first kappa shape index (κ1) is 26.0. The van der Waals surface area contributed by atoms with Crippen molar-refractivity contribution in [1.82, 2.24) is 0 Å². The Morgan fingerprint density at radius 1 is 0.947 bits per heavy atom. The minimum atomic E-state index is -2.76.